The fourth-order valence-corrected chi connectivity index (χ4v) is 0.807. The van der Waals surface area contributed by atoms with Gasteiger partial charge in [0.2, 0.25) is 0 Å². The molecule has 1 atom stereocenters. The minimum Gasteiger partial charge on any atom is -0.396 e. The van der Waals surface area contributed by atoms with E-state index >= 15 is 0 Å². The lowest BCUT2D eigenvalue weighted by molar-refractivity contribution is -0.116. The predicted molar refractivity (Wildman–Crippen MR) is 32.5 cm³/mol. The van der Waals surface area contributed by atoms with Crippen molar-refractivity contribution < 1.29 is 9.90 Å². The second-order valence-electron chi connectivity index (χ2n) is 2.15. The fourth-order valence-electron chi connectivity index (χ4n) is 0.807. The third kappa shape index (κ3) is 1.29. The van der Waals surface area contributed by atoms with E-state index in [0.717, 1.165) is 0 Å². The van der Waals surface area contributed by atoms with Crippen molar-refractivity contribution in [2.24, 2.45) is 5.73 Å². The SMILES string of the molecule is NC1=CC(O)CCC1=O. The van der Waals surface area contributed by atoms with E-state index < -0.39 is 6.10 Å². The quantitative estimate of drug-likeness (QED) is 0.463. The fraction of sp³-hybridized carbons (Fsp3) is 0.500. The van der Waals surface area contributed by atoms with E-state index in [2.05, 4.69) is 0 Å². The Kier molecular flexibility index (Phi) is 1.53. The molecule has 0 aromatic heterocycles. The average Bonchev–Trinajstić information content (AvgIpc) is 1.80. The maximum atomic E-state index is 10.6. The van der Waals surface area contributed by atoms with Crippen LogP contribution in [0, 0.1) is 0 Å². The highest BCUT2D eigenvalue weighted by atomic mass is 16.3. The Morgan fingerprint density at radius 2 is 2.44 bits per heavy atom. The van der Waals surface area contributed by atoms with Crippen LogP contribution in [0.15, 0.2) is 11.8 Å². The number of allylic oxidation sites excluding steroid dienone is 1. The Morgan fingerprint density at radius 1 is 1.78 bits per heavy atom. The average molecular weight is 127 g/mol. The van der Waals surface area contributed by atoms with E-state index in [1.54, 1.807) is 0 Å². The Hall–Kier alpha value is -0.830. The Balaban J connectivity index is 2.72. The van der Waals surface area contributed by atoms with Crippen LogP contribution in [0.1, 0.15) is 12.8 Å². The highest BCUT2D eigenvalue weighted by Gasteiger charge is 2.15. The van der Waals surface area contributed by atoms with Gasteiger partial charge in [-0.2, -0.15) is 0 Å². The van der Waals surface area contributed by atoms with Crippen LogP contribution in [0.4, 0.5) is 0 Å². The summed E-state index contributed by atoms with van der Waals surface area (Å²) in [5, 5.41) is 8.89. The third-order valence-corrected chi connectivity index (χ3v) is 1.36. The molecule has 3 heteroatoms. The summed E-state index contributed by atoms with van der Waals surface area (Å²) in [6.07, 6.45) is 1.78. The number of aliphatic hydroxyl groups is 1. The van der Waals surface area contributed by atoms with E-state index in [1.165, 1.54) is 6.08 Å². The summed E-state index contributed by atoms with van der Waals surface area (Å²) in [5.74, 6) is -0.0553. The van der Waals surface area contributed by atoms with Crippen LogP contribution < -0.4 is 5.73 Å². The van der Waals surface area contributed by atoms with Crippen LogP contribution in [0.25, 0.3) is 0 Å². The minimum atomic E-state index is -0.511. The van der Waals surface area contributed by atoms with Gasteiger partial charge in [-0.25, -0.2) is 0 Å². The molecule has 1 aliphatic rings. The molecule has 0 saturated heterocycles. The van der Waals surface area contributed by atoms with Gasteiger partial charge < -0.3 is 10.8 Å². The molecule has 1 unspecified atom stereocenters. The van der Waals surface area contributed by atoms with Gasteiger partial charge in [-0.3, -0.25) is 4.79 Å². The van der Waals surface area contributed by atoms with Crippen molar-refractivity contribution >= 4 is 5.78 Å². The number of Topliss-reactive ketones (excluding diaryl/α,β-unsaturated/α-hetero) is 1. The number of rotatable bonds is 0. The van der Waals surface area contributed by atoms with Crippen LogP contribution in [0.3, 0.4) is 0 Å². The summed E-state index contributed by atoms with van der Waals surface area (Å²) in [4.78, 5) is 10.6. The molecule has 0 radical (unpaired) electrons. The van der Waals surface area contributed by atoms with Crippen molar-refractivity contribution in [2.75, 3.05) is 0 Å². The molecule has 0 aliphatic heterocycles. The second-order valence-corrected chi connectivity index (χ2v) is 2.15. The molecule has 3 nitrogen and oxygen atoms in total. The third-order valence-electron chi connectivity index (χ3n) is 1.36. The second kappa shape index (κ2) is 2.19. The molecule has 0 aromatic rings. The number of carbonyl (C=O) groups excluding carboxylic acids is 1. The van der Waals surface area contributed by atoms with Gasteiger partial charge in [-0.1, -0.05) is 0 Å². The summed E-state index contributed by atoms with van der Waals surface area (Å²) in [6.45, 7) is 0. The normalized spacial score (nSPS) is 27.9. The molecule has 0 bridgehead atoms. The molecule has 0 saturated carbocycles. The van der Waals surface area contributed by atoms with Gasteiger partial charge >= 0.3 is 0 Å². The van der Waals surface area contributed by atoms with Crippen molar-refractivity contribution in [1.29, 1.82) is 0 Å². The zero-order chi connectivity index (χ0) is 6.85. The van der Waals surface area contributed by atoms with Gasteiger partial charge in [0, 0.05) is 6.42 Å². The monoisotopic (exact) mass is 127 g/mol. The molecular weight excluding hydrogens is 118 g/mol. The number of hydrogen-bond acceptors (Lipinski definition) is 3. The first kappa shape index (κ1) is 6.29. The lowest BCUT2D eigenvalue weighted by Gasteiger charge is -2.11. The van der Waals surface area contributed by atoms with Crippen LogP contribution in [-0.2, 0) is 4.79 Å². The van der Waals surface area contributed by atoms with Gasteiger partial charge in [0.1, 0.15) is 0 Å². The molecule has 1 aliphatic carbocycles. The van der Waals surface area contributed by atoms with Crippen molar-refractivity contribution in [3.05, 3.63) is 11.8 Å². The summed E-state index contributed by atoms with van der Waals surface area (Å²) < 4.78 is 0. The Morgan fingerprint density at radius 3 is 2.89 bits per heavy atom. The van der Waals surface area contributed by atoms with E-state index in [0.29, 0.717) is 12.8 Å². The molecule has 50 valence electrons. The maximum absolute atomic E-state index is 10.6. The molecular formula is C6H9NO2. The maximum Gasteiger partial charge on any atom is 0.178 e. The van der Waals surface area contributed by atoms with Crippen molar-refractivity contribution in [2.45, 2.75) is 18.9 Å². The van der Waals surface area contributed by atoms with Gasteiger partial charge in [-0.05, 0) is 12.5 Å². The van der Waals surface area contributed by atoms with Crippen LogP contribution in [0.2, 0.25) is 0 Å². The van der Waals surface area contributed by atoms with Gasteiger partial charge in [0.05, 0.1) is 11.8 Å². The topological polar surface area (TPSA) is 63.3 Å². The molecule has 9 heavy (non-hydrogen) atoms. The number of carbonyl (C=O) groups is 1. The number of nitrogens with two attached hydrogens (primary N) is 1. The van der Waals surface area contributed by atoms with Gasteiger partial charge in [0.15, 0.2) is 5.78 Å². The van der Waals surface area contributed by atoms with Gasteiger partial charge in [0.25, 0.3) is 0 Å². The van der Waals surface area contributed by atoms with Crippen LogP contribution >= 0.6 is 0 Å². The molecule has 0 amide bonds. The van der Waals surface area contributed by atoms with Crippen LogP contribution in [0.5, 0.6) is 0 Å². The minimum absolute atomic E-state index is 0.0553. The first-order chi connectivity index (χ1) is 4.20. The molecule has 1 rings (SSSR count). The van der Waals surface area contributed by atoms with E-state index in [-0.39, 0.29) is 11.5 Å². The molecule has 0 fully saturated rings. The number of ketones is 1. The van der Waals surface area contributed by atoms with Gasteiger partial charge in [-0.15, -0.1) is 0 Å². The first-order valence-electron chi connectivity index (χ1n) is 2.88. The van der Waals surface area contributed by atoms with Crippen molar-refractivity contribution in [3.8, 4) is 0 Å². The highest BCUT2D eigenvalue weighted by Crippen LogP contribution is 2.09. The molecule has 0 heterocycles. The Labute approximate surface area is 53.2 Å². The summed E-state index contributed by atoms with van der Waals surface area (Å²) in [5.41, 5.74) is 5.42. The van der Waals surface area contributed by atoms with E-state index in [9.17, 15) is 4.79 Å². The summed E-state index contributed by atoms with van der Waals surface area (Å²) in [6, 6.07) is 0. The molecule has 0 spiro atoms. The van der Waals surface area contributed by atoms with Crippen molar-refractivity contribution in [3.63, 3.8) is 0 Å². The number of hydrogen-bond donors (Lipinski definition) is 2. The van der Waals surface area contributed by atoms with E-state index in [4.69, 9.17) is 10.8 Å². The lowest BCUT2D eigenvalue weighted by Crippen LogP contribution is -2.21. The van der Waals surface area contributed by atoms with E-state index in [1.807, 2.05) is 0 Å². The standard InChI is InChI=1S/C6H9NO2/c7-5-3-4(8)1-2-6(5)9/h3-4,8H,1-2,7H2. The summed E-state index contributed by atoms with van der Waals surface area (Å²) in [7, 11) is 0. The van der Waals surface area contributed by atoms with Crippen LogP contribution in [-0.4, -0.2) is 17.0 Å². The predicted octanol–water partition coefficient (Wildman–Crippen LogP) is -0.447. The largest absolute Gasteiger partial charge is 0.396 e. The molecule has 3 N–H and O–H groups in total. The zero-order valence-corrected chi connectivity index (χ0v) is 5.00. The number of aliphatic hydroxyl groups excluding tert-OH is 1. The van der Waals surface area contributed by atoms with Crippen molar-refractivity contribution in [1.82, 2.24) is 0 Å². The molecule has 0 aromatic carbocycles. The lowest BCUT2D eigenvalue weighted by atomic mass is 10.0. The highest BCUT2D eigenvalue weighted by molar-refractivity contribution is 5.95. The smallest absolute Gasteiger partial charge is 0.178 e. The first-order valence-corrected chi connectivity index (χ1v) is 2.88. The zero-order valence-electron chi connectivity index (χ0n) is 5.00. The Bertz CT molecular complexity index is 162. The summed E-state index contributed by atoms with van der Waals surface area (Å²) >= 11 is 0.